The lowest BCUT2D eigenvalue weighted by molar-refractivity contribution is -0.142. The SMILES string of the molecule is CC(C)(C)[C@H](N)C(=O)N1CCC[C@H]1C(=O)N[C@@H](CC(F)F)C(=O)NCC1CCCCC1. The first kappa shape index (κ1) is 25.5. The molecule has 0 aromatic rings. The van der Waals surface area contributed by atoms with Crippen molar-refractivity contribution in [3.63, 3.8) is 0 Å². The van der Waals surface area contributed by atoms with Crippen molar-refractivity contribution in [3.8, 4) is 0 Å². The molecule has 2 rings (SSSR count). The molecule has 0 aromatic carbocycles. The number of hydrogen-bond donors (Lipinski definition) is 3. The molecule has 178 valence electrons. The van der Waals surface area contributed by atoms with E-state index >= 15 is 0 Å². The third kappa shape index (κ3) is 7.40. The van der Waals surface area contributed by atoms with Crippen LogP contribution in [0.25, 0.3) is 0 Å². The molecule has 1 aliphatic heterocycles. The summed E-state index contributed by atoms with van der Waals surface area (Å²) in [4.78, 5) is 39.7. The van der Waals surface area contributed by atoms with Gasteiger partial charge in [0.1, 0.15) is 12.1 Å². The second-order valence-electron chi connectivity index (χ2n) is 9.97. The number of nitrogens with zero attached hydrogens (tertiary/aromatic N) is 1. The van der Waals surface area contributed by atoms with Crippen LogP contribution in [0.1, 0.15) is 72.1 Å². The summed E-state index contributed by atoms with van der Waals surface area (Å²) in [5.41, 5.74) is 5.60. The van der Waals surface area contributed by atoms with Crippen molar-refractivity contribution in [2.45, 2.75) is 96.7 Å². The largest absolute Gasteiger partial charge is 0.354 e. The Hall–Kier alpha value is -1.77. The van der Waals surface area contributed by atoms with Gasteiger partial charge in [-0.3, -0.25) is 14.4 Å². The van der Waals surface area contributed by atoms with E-state index in [1.807, 2.05) is 20.8 Å². The maximum absolute atomic E-state index is 13.1. The van der Waals surface area contributed by atoms with E-state index in [1.54, 1.807) is 0 Å². The predicted molar refractivity (Wildman–Crippen MR) is 114 cm³/mol. The van der Waals surface area contributed by atoms with Crippen LogP contribution in [0, 0.1) is 11.3 Å². The van der Waals surface area contributed by atoms with Crippen LogP contribution < -0.4 is 16.4 Å². The molecular weight excluding hydrogens is 406 g/mol. The third-order valence-electron chi connectivity index (χ3n) is 6.37. The standard InChI is InChI=1S/C22H38F2N4O3/c1-22(2,3)18(25)21(31)28-11-7-10-16(28)20(30)27-15(12-17(23)24)19(29)26-13-14-8-5-4-6-9-14/h14-18H,4-13,25H2,1-3H3,(H,26,29)(H,27,30)/t15-,16-,18+/m0/s1. The Labute approximate surface area is 183 Å². The number of alkyl halides is 2. The van der Waals surface area contributed by atoms with Crippen LogP contribution in [0.5, 0.6) is 0 Å². The number of likely N-dealkylation sites (tertiary alicyclic amines) is 1. The molecule has 0 unspecified atom stereocenters. The van der Waals surface area contributed by atoms with Gasteiger partial charge in [-0.2, -0.15) is 0 Å². The summed E-state index contributed by atoms with van der Waals surface area (Å²) in [5.74, 6) is -1.16. The van der Waals surface area contributed by atoms with Gasteiger partial charge < -0.3 is 21.3 Å². The van der Waals surface area contributed by atoms with Gasteiger partial charge in [-0.25, -0.2) is 8.78 Å². The van der Waals surface area contributed by atoms with Gasteiger partial charge in [0.05, 0.1) is 6.04 Å². The van der Waals surface area contributed by atoms with Crippen molar-refractivity contribution < 1.29 is 23.2 Å². The van der Waals surface area contributed by atoms with Crippen LogP contribution >= 0.6 is 0 Å². The fourth-order valence-electron chi connectivity index (χ4n) is 4.29. The van der Waals surface area contributed by atoms with Crippen molar-refractivity contribution in [2.75, 3.05) is 13.1 Å². The highest BCUT2D eigenvalue weighted by atomic mass is 19.3. The first-order chi connectivity index (χ1) is 14.5. The van der Waals surface area contributed by atoms with Gasteiger partial charge in [0.15, 0.2) is 0 Å². The van der Waals surface area contributed by atoms with E-state index in [4.69, 9.17) is 5.73 Å². The molecule has 31 heavy (non-hydrogen) atoms. The summed E-state index contributed by atoms with van der Waals surface area (Å²) >= 11 is 0. The monoisotopic (exact) mass is 444 g/mol. The van der Waals surface area contributed by atoms with E-state index in [9.17, 15) is 23.2 Å². The number of amides is 3. The smallest absolute Gasteiger partial charge is 0.243 e. The van der Waals surface area contributed by atoms with Crippen molar-refractivity contribution >= 4 is 17.7 Å². The Morgan fingerprint density at radius 1 is 1.06 bits per heavy atom. The number of hydrogen-bond acceptors (Lipinski definition) is 4. The Bertz CT molecular complexity index is 633. The third-order valence-corrected chi connectivity index (χ3v) is 6.37. The molecule has 1 aliphatic carbocycles. The fourth-order valence-corrected chi connectivity index (χ4v) is 4.29. The normalized spacial score (nSPS) is 22.3. The lowest BCUT2D eigenvalue weighted by Crippen LogP contribution is -2.57. The minimum atomic E-state index is -2.73. The molecule has 7 nitrogen and oxygen atoms in total. The molecular formula is C22H38F2N4O3. The van der Waals surface area contributed by atoms with E-state index in [-0.39, 0.29) is 5.91 Å². The molecule has 1 heterocycles. The zero-order valence-corrected chi connectivity index (χ0v) is 19.0. The van der Waals surface area contributed by atoms with E-state index in [2.05, 4.69) is 10.6 Å². The van der Waals surface area contributed by atoms with E-state index in [0.717, 1.165) is 25.7 Å². The van der Waals surface area contributed by atoms with Gasteiger partial charge in [-0.15, -0.1) is 0 Å². The number of nitrogens with one attached hydrogen (secondary N) is 2. The van der Waals surface area contributed by atoms with Gasteiger partial charge in [0.25, 0.3) is 0 Å². The molecule has 0 spiro atoms. The molecule has 1 saturated heterocycles. The fraction of sp³-hybridized carbons (Fsp3) is 0.864. The van der Waals surface area contributed by atoms with Gasteiger partial charge in [0.2, 0.25) is 24.1 Å². The Balaban J connectivity index is 1.99. The molecule has 0 bridgehead atoms. The van der Waals surface area contributed by atoms with Gasteiger partial charge >= 0.3 is 0 Å². The molecule has 1 saturated carbocycles. The summed E-state index contributed by atoms with van der Waals surface area (Å²) in [5, 5.41) is 5.21. The molecule has 2 aliphatic rings. The Morgan fingerprint density at radius 3 is 2.29 bits per heavy atom. The minimum Gasteiger partial charge on any atom is -0.354 e. The molecule has 4 N–H and O–H groups in total. The molecule has 9 heteroatoms. The number of halogens is 2. The van der Waals surface area contributed by atoms with Crippen LogP contribution in [0.15, 0.2) is 0 Å². The van der Waals surface area contributed by atoms with Crippen molar-refractivity contribution in [1.29, 1.82) is 0 Å². The quantitative estimate of drug-likeness (QED) is 0.534. The summed E-state index contributed by atoms with van der Waals surface area (Å²) in [7, 11) is 0. The average molecular weight is 445 g/mol. The number of rotatable bonds is 8. The topological polar surface area (TPSA) is 105 Å². The average Bonchev–Trinajstić information content (AvgIpc) is 3.20. The van der Waals surface area contributed by atoms with Crippen molar-refractivity contribution in [3.05, 3.63) is 0 Å². The first-order valence-electron chi connectivity index (χ1n) is 11.4. The van der Waals surface area contributed by atoms with Crippen LogP contribution in [0.3, 0.4) is 0 Å². The lowest BCUT2D eigenvalue weighted by atomic mass is 9.86. The summed E-state index contributed by atoms with van der Waals surface area (Å²) in [6, 6.07) is -2.91. The van der Waals surface area contributed by atoms with E-state index in [1.165, 1.54) is 11.3 Å². The summed E-state index contributed by atoms with van der Waals surface area (Å²) in [6.07, 6.45) is 2.97. The number of carbonyl (C=O) groups is 3. The highest BCUT2D eigenvalue weighted by Gasteiger charge is 2.40. The summed E-state index contributed by atoms with van der Waals surface area (Å²) in [6.45, 7) is 6.35. The zero-order valence-electron chi connectivity index (χ0n) is 19.0. The van der Waals surface area contributed by atoms with Crippen LogP contribution in [0.4, 0.5) is 8.78 Å². The first-order valence-corrected chi connectivity index (χ1v) is 11.4. The van der Waals surface area contributed by atoms with Crippen LogP contribution in [-0.2, 0) is 14.4 Å². The van der Waals surface area contributed by atoms with Gasteiger partial charge in [0, 0.05) is 19.5 Å². The zero-order chi connectivity index (χ0) is 23.2. The summed E-state index contributed by atoms with van der Waals surface area (Å²) < 4.78 is 26.2. The minimum absolute atomic E-state index is 0.336. The molecule has 3 atom stereocenters. The van der Waals surface area contributed by atoms with E-state index in [0.29, 0.717) is 31.8 Å². The van der Waals surface area contributed by atoms with Crippen molar-refractivity contribution in [1.82, 2.24) is 15.5 Å². The van der Waals surface area contributed by atoms with Gasteiger partial charge in [-0.1, -0.05) is 40.0 Å². The Kier molecular flexibility index (Phi) is 9.21. The predicted octanol–water partition coefficient (Wildman–Crippen LogP) is 2.19. The van der Waals surface area contributed by atoms with Crippen LogP contribution in [0.2, 0.25) is 0 Å². The second-order valence-corrected chi connectivity index (χ2v) is 9.97. The number of nitrogens with two attached hydrogens (primary N) is 1. The van der Waals surface area contributed by atoms with Gasteiger partial charge in [-0.05, 0) is 37.0 Å². The van der Waals surface area contributed by atoms with Crippen LogP contribution in [-0.4, -0.2) is 60.3 Å². The highest BCUT2D eigenvalue weighted by Crippen LogP contribution is 2.25. The molecule has 0 radical (unpaired) electrons. The second kappa shape index (κ2) is 11.2. The lowest BCUT2D eigenvalue weighted by Gasteiger charge is -2.33. The number of carbonyl (C=O) groups excluding carboxylic acids is 3. The highest BCUT2D eigenvalue weighted by molar-refractivity contribution is 5.93. The van der Waals surface area contributed by atoms with Crippen molar-refractivity contribution in [2.24, 2.45) is 17.1 Å². The molecule has 2 fully saturated rings. The van der Waals surface area contributed by atoms with E-state index < -0.39 is 48.2 Å². The Morgan fingerprint density at radius 2 is 1.71 bits per heavy atom. The molecule has 3 amide bonds. The maximum Gasteiger partial charge on any atom is 0.243 e. The maximum atomic E-state index is 13.1. The molecule has 0 aromatic heterocycles.